The van der Waals surface area contributed by atoms with Crippen LogP contribution in [0, 0.1) is 11.3 Å². The van der Waals surface area contributed by atoms with E-state index in [2.05, 4.69) is 0 Å². The van der Waals surface area contributed by atoms with E-state index in [-0.39, 0.29) is 11.4 Å². The summed E-state index contributed by atoms with van der Waals surface area (Å²) in [6.45, 7) is 0. The summed E-state index contributed by atoms with van der Waals surface area (Å²) in [5.74, 6) is 0.216. The van der Waals surface area contributed by atoms with Crippen molar-refractivity contribution >= 4 is 23.5 Å². The molecule has 0 spiro atoms. The third-order valence-corrected chi connectivity index (χ3v) is 3.13. The number of rotatable bonds is 4. The van der Waals surface area contributed by atoms with E-state index in [1.54, 1.807) is 42.5 Å². The third-order valence-electron chi connectivity index (χ3n) is 2.89. The fraction of sp³-hybridized carbons (Fsp3) is 0.0588. The van der Waals surface area contributed by atoms with Gasteiger partial charge < -0.3 is 4.74 Å². The average molecular weight is 298 g/mol. The van der Waals surface area contributed by atoms with Crippen molar-refractivity contribution < 1.29 is 9.53 Å². The van der Waals surface area contributed by atoms with Gasteiger partial charge >= 0.3 is 0 Å². The van der Waals surface area contributed by atoms with Crippen molar-refractivity contribution in [2.24, 2.45) is 0 Å². The number of methoxy groups -OCH3 is 1. The largest absolute Gasteiger partial charge is 0.496 e. The van der Waals surface area contributed by atoms with Gasteiger partial charge in [0.25, 0.3) is 0 Å². The number of hydrogen-bond donors (Lipinski definition) is 0. The number of carbonyl (C=O) groups is 1. The van der Waals surface area contributed by atoms with Crippen LogP contribution >= 0.6 is 11.6 Å². The Labute approximate surface area is 128 Å². The van der Waals surface area contributed by atoms with Crippen molar-refractivity contribution in [1.29, 1.82) is 5.26 Å². The molecule has 21 heavy (non-hydrogen) atoms. The Balaban J connectivity index is 2.45. The minimum Gasteiger partial charge on any atom is -0.496 e. The first-order valence-corrected chi connectivity index (χ1v) is 6.58. The number of Topliss-reactive ketones (excluding diaryl/α,β-unsaturated/α-hetero) is 1. The van der Waals surface area contributed by atoms with Crippen LogP contribution in [0.25, 0.3) is 6.08 Å². The van der Waals surface area contributed by atoms with Crippen LogP contribution in [-0.2, 0) is 0 Å². The van der Waals surface area contributed by atoms with E-state index in [4.69, 9.17) is 16.3 Å². The van der Waals surface area contributed by atoms with Gasteiger partial charge in [0, 0.05) is 16.1 Å². The number of carbonyl (C=O) groups excluding carboxylic acids is 1. The molecule has 0 aliphatic carbocycles. The fourth-order valence-electron chi connectivity index (χ4n) is 1.87. The van der Waals surface area contributed by atoms with Crippen molar-refractivity contribution in [3.05, 3.63) is 70.3 Å². The zero-order valence-corrected chi connectivity index (χ0v) is 12.1. The van der Waals surface area contributed by atoms with E-state index in [0.717, 1.165) is 0 Å². The van der Waals surface area contributed by atoms with Gasteiger partial charge in [-0.15, -0.1) is 0 Å². The topological polar surface area (TPSA) is 50.1 Å². The highest BCUT2D eigenvalue weighted by Gasteiger charge is 2.13. The zero-order chi connectivity index (χ0) is 15.2. The monoisotopic (exact) mass is 297 g/mol. The highest BCUT2D eigenvalue weighted by atomic mass is 35.5. The zero-order valence-electron chi connectivity index (χ0n) is 11.3. The predicted molar refractivity (Wildman–Crippen MR) is 82.4 cm³/mol. The Bertz CT molecular complexity index is 730. The maximum absolute atomic E-state index is 12.3. The molecule has 0 radical (unpaired) electrons. The van der Waals surface area contributed by atoms with Crippen LogP contribution in [0.1, 0.15) is 15.9 Å². The van der Waals surface area contributed by atoms with Crippen LogP contribution in [0.3, 0.4) is 0 Å². The molecular weight excluding hydrogens is 286 g/mol. The normalized spacial score (nSPS) is 10.8. The van der Waals surface area contributed by atoms with Crippen molar-refractivity contribution in [1.82, 2.24) is 0 Å². The van der Waals surface area contributed by atoms with Crippen LogP contribution in [0.2, 0.25) is 5.02 Å². The lowest BCUT2D eigenvalue weighted by Gasteiger charge is -2.06. The van der Waals surface area contributed by atoms with Crippen LogP contribution in [0.15, 0.2) is 54.1 Å². The number of nitriles is 1. The first-order chi connectivity index (χ1) is 10.2. The molecule has 0 aliphatic rings. The van der Waals surface area contributed by atoms with Gasteiger partial charge in [-0.3, -0.25) is 4.79 Å². The van der Waals surface area contributed by atoms with E-state index >= 15 is 0 Å². The first kappa shape index (κ1) is 14.8. The molecule has 3 nitrogen and oxygen atoms in total. The predicted octanol–water partition coefficient (Wildman–Crippen LogP) is 4.14. The van der Waals surface area contributed by atoms with Crippen molar-refractivity contribution in [3.63, 3.8) is 0 Å². The Hall–Kier alpha value is -2.57. The molecule has 2 aromatic carbocycles. The molecule has 0 saturated carbocycles. The summed E-state index contributed by atoms with van der Waals surface area (Å²) < 4.78 is 5.21. The summed E-state index contributed by atoms with van der Waals surface area (Å²) in [5, 5.41) is 9.75. The minimum absolute atomic E-state index is 0.0294. The second-order valence-corrected chi connectivity index (χ2v) is 4.69. The second-order valence-electron chi connectivity index (χ2n) is 4.25. The number of allylic oxidation sites excluding steroid dienone is 1. The SMILES string of the molecule is COc1ccc(Cl)cc1C=C(C#N)C(=O)c1ccccc1. The van der Waals surface area contributed by atoms with Gasteiger partial charge in [-0.05, 0) is 24.3 Å². The molecule has 0 heterocycles. The smallest absolute Gasteiger partial charge is 0.203 e. The van der Waals surface area contributed by atoms with Gasteiger partial charge in [0.2, 0.25) is 5.78 Å². The number of ketones is 1. The van der Waals surface area contributed by atoms with Gasteiger partial charge in [-0.25, -0.2) is 0 Å². The molecule has 0 saturated heterocycles. The average Bonchev–Trinajstić information content (AvgIpc) is 2.53. The number of benzene rings is 2. The molecule has 0 N–H and O–H groups in total. The Morgan fingerprint density at radius 1 is 1.24 bits per heavy atom. The summed E-state index contributed by atoms with van der Waals surface area (Å²) in [6, 6.07) is 15.6. The molecule has 0 aromatic heterocycles. The van der Waals surface area contributed by atoms with E-state index in [1.165, 1.54) is 13.2 Å². The number of ether oxygens (including phenoxy) is 1. The van der Waals surface area contributed by atoms with E-state index < -0.39 is 0 Å². The van der Waals surface area contributed by atoms with Gasteiger partial charge in [-0.2, -0.15) is 5.26 Å². The number of nitrogens with zero attached hydrogens (tertiary/aromatic N) is 1. The Morgan fingerprint density at radius 3 is 2.57 bits per heavy atom. The fourth-order valence-corrected chi connectivity index (χ4v) is 2.05. The van der Waals surface area contributed by atoms with Gasteiger partial charge in [-0.1, -0.05) is 41.9 Å². The lowest BCUT2D eigenvalue weighted by atomic mass is 10.0. The lowest BCUT2D eigenvalue weighted by Crippen LogP contribution is -2.01. The number of halogens is 1. The van der Waals surface area contributed by atoms with E-state index in [1.807, 2.05) is 12.1 Å². The van der Waals surface area contributed by atoms with Crippen LogP contribution in [-0.4, -0.2) is 12.9 Å². The standard InChI is InChI=1S/C17H12ClNO2/c1-21-16-8-7-15(18)10-13(16)9-14(11-19)17(20)12-5-3-2-4-6-12/h2-10H,1H3. The highest BCUT2D eigenvalue weighted by molar-refractivity contribution is 6.30. The summed E-state index contributed by atoms with van der Waals surface area (Å²) in [5.41, 5.74) is 1.08. The van der Waals surface area contributed by atoms with Crippen LogP contribution in [0.4, 0.5) is 0 Å². The second kappa shape index (κ2) is 6.74. The molecular formula is C17H12ClNO2. The maximum atomic E-state index is 12.3. The molecule has 0 unspecified atom stereocenters. The molecule has 0 bridgehead atoms. The van der Waals surface area contributed by atoms with Gasteiger partial charge in [0.1, 0.15) is 17.4 Å². The molecule has 0 amide bonds. The lowest BCUT2D eigenvalue weighted by molar-refractivity contribution is 0.104. The molecule has 2 rings (SSSR count). The van der Waals surface area contributed by atoms with Crippen molar-refractivity contribution in [3.8, 4) is 11.8 Å². The Kier molecular flexibility index (Phi) is 4.76. The van der Waals surface area contributed by atoms with Crippen LogP contribution in [0.5, 0.6) is 5.75 Å². The Morgan fingerprint density at radius 2 is 1.95 bits per heavy atom. The molecule has 2 aromatic rings. The van der Waals surface area contributed by atoms with Gasteiger partial charge in [0.15, 0.2) is 0 Å². The highest BCUT2D eigenvalue weighted by Crippen LogP contribution is 2.25. The molecule has 104 valence electrons. The minimum atomic E-state index is -0.333. The van der Waals surface area contributed by atoms with E-state index in [9.17, 15) is 10.1 Å². The van der Waals surface area contributed by atoms with Crippen LogP contribution < -0.4 is 4.74 Å². The summed E-state index contributed by atoms with van der Waals surface area (Å²) in [7, 11) is 1.52. The third kappa shape index (κ3) is 3.50. The molecule has 0 aliphatic heterocycles. The first-order valence-electron chi connectivity index (χ1n) is 6.21. The quantitative estimate of drug-likeness (QED) is 0.484. The van der Waals surface area contributed by atoms with Crippen molar-refractivity contribution in [2.45, 2.75) is 0 Å². The van der Waals surface area contributed by atoms with Gasteiger partial charge in [0.05, 0.1) is 7.11 Å². The summed E-state index contributed by atoms with van der Waals surface area (Å²) in [4.78, 5) is 12.3. The number of hydrogen-bond acceptors (Lipinski definition) is 3. The summed E-state index contributed by atoms with van der Waals surface area (Å²) in [6.07, 6.45) is 1.49. The molecule has 0 atom stereocenters. The molecule has 4 heteroatoms. The summed E-state index contributed by atoms with van der Waals surface area (Å²) >= 11 is 5.94. The molecule has 0 fully saturated rings. The maximum Gasteiger partial charge on any atom is 0.203 e. The van der Waals surface area contributed by atoms with Crippen molar-refractivity contribution in [2.75, 3.05) is 7.11 Å². The van der Waals surface area contributed by atoms with E-state index in [0.29, 0.717) is 21.9 Å².